The van der Waals surface area contributed by atoms with E-state index in [9.17, 15) is 0 Å². The molecule has 3 heteroatoms. The minimum absolute atomic E-state index is 0.746. The van der Waals surface area contributed by atoms with Crippen LogP contribution in [0.15, 0.2) is 156 Å². The van der Waals surface area contributed by atoms with Crippen molar-refractivity contribution < 1.29 is 4.74 Å². The summed E-state index contributed by atoms with van der Waals surface area (Å²) in [7, 11) is 0. The van der Waals surface area contributed by atoms with Crippen LogP contribution in [0.1, 0.15) is 86.1 Å². The summed E-state index contributed by atoms with van der Waals surface area (Å²) in [6.07, 6.45) is 0. The predicted molar refractivity (Wildman–Crippen MR) is 231 cm³/mol. The Hall–Kier alpha value is -5.98. The molecule has 0 atom stereocenters. The molecule has 6 aromatic carbocycles. The SMILES string of the molecule is CC.CC.CC.Cc1cccc(C)c1N=C=C(c1ccccc1)c1ccc(Oc2ccc(C(=C=Nc3c(C)cccc3C)c3ccccc3)cc2)cc1. The Balaban J connectivity index is 0.00000120. The van der Waals surface area contributed by atoms with Gasteiger partial charge in [0, 0.05) is 0 Å². The number of aliphatic imine (C=N–C) groups is 2. The third-order valence-corrected chi connectivity index (χ3v) is 8.08. The maximum atomic E-state index is 6.27. The van der Waals surface area contributed by atoms with Crippen molar-refractivity contribution in [3.05, 3.63) is 190 Å². The highest BCUT2D eigenvalue weighted by molar-refractivity contribution is 6.00. The molecule has 0 aliphatic rings. The van der Waals surface area contributed by atoms with Gasteiger partial charge in [-0.3, -0.25) is 0 Å². The summed E-state index contributed by atoms with van der Waals surface area (Å²) >= 11 is 0. The second kappa shape index (κ2) is 22.1. The lowest BCUT2D eigenvalue weighted by atomic mass is 9.99. The van der Waals surface area contributed by atoms with Gasteiger partial charge in [0.15, 0.2) is 0 Å². The van der Waals surface area contributed by atoms with E-state index in [1.54, 1.807) is 0 Å². The van der Waals surface area contributed by atoms with Gasteiger partial charge in [-0.1, -0.05) is 139 Å². The van der Waals surface area contributed by atoms with E-state index in [0.717, 1.165) is 78.5 Å². The molecule has 3 nitrogen and oxygen atoms in total. The molecule has 0 amide bonds. The lowest BCUT2D eigenvalue weighted by molar-refractivity contribution is 0.482. The van der Waals surface area contributed by atoms with Crippen molar-refractivity contribution in [1.82, 2.24) is 0 Å². The second-order valence-electron chi connectivity index (χ2n) is 11.6. The average molecular weight is 699 g/mol. The average Bonchev–Trinajstić information content (AvgIpc) is 3.21. The van der Waals surface area contributed by atoms with Crippen LogP contribution < -0.4 is 4.74 Å². The number of hydrogen-bond donors (Lipinski definition) is 0. The van der Waals surface area contributed by atoms with Crippen molar-refractivity contribution in [3.63, 3.8) is 0 Å². The molecule has 270 valence electrons. The van der Waals surface area contributed by atoms with Gasteiger partial charge in [0.1, 0.15) is 11.5 Å². The number of aryl methyl sites for hydroxylation is 4. The lowest BCUT2D eigenvalue weighted by Gasteiger charge is -2.10. The van der Waals surface area contributed by atoms with Crippen molar-refractivity contribution in [2.24, 2.45) is 9.98 Å². The molecular formula is C50H54N2O. The number of ether oxygens (including phenoxy) is 1. The molecular weight excluding hydrogens is 645 g/mol. The van der Waals surface area contributed by atoms with E-state index in [4.69, 9.17) is 14.7 Å². The van der Waals surface area contributed by atoms with E-state index in [1.165, 1.54) is 0 Å². The monoisotopic (exact) mass is 698 g/mol. The van der Waals surface area contributed by atoms with E-state index < -0.39 is 0 Å². The van der Waals surface area contributed by atoms with Gasteiger partial charge in [-0.05, 0) is 132 Å². The molecule has 0 aromatic heterocycles. The molecule has 53 heavy (non-hydrogen) atoms. The number of para-hydroxylation sites is 2. The highest BCUT2D eigenvalue weighted by atomic mass is 16.5. The van der Waals surface area contributed by atoms with Gasteiger partial charge in [0.2, 0.25) is 0 Å². The van der Waals surface area contributed by atoms with Gasteiger partial charge in [-0.25, -0.2) is 9.98 Å². The van der Waals surface area contributed by atoms with Crippen LogP contribution >= 0.6 is 0 Å². The van der Waals surface area contributed by atoms with Crippen LogP contribution in [0.4, 0.5) is 11.4 Å². The van der Waals surface area contributed by atoms with E-state index >= 15 is 0 Å². The second-order valence-corrected chi connectivity index (χ2v) is 11.6. The maximum Gasteiger partial charge on any atom is 0.127 e. The summed E-state index contributed by atoms with van der Waals surface area (Å²) in [6, 6.07) is 49.1. The summed E-state index contributed by atoms with van der Waals surface area (Å²) in [4.78, 5) is 9.60. The van der Waals surface area contributed by atoms with Crippen LogP contribution in [0.3, 0.4) is 0 Å². The van der Waals surface area contributed by atoms with Gasteiger partial charge in [0.05, 0.1) is 22.5 Å². The number of rotatable bonds is 8. The van der Waals surface area contributed by atoms with Crippen molar-refractivity contribution in [2.45, 2.75) is 69.2 Å². The first-order valence-electron chi connectivity index (χ1n) is 18.8. The number of hydrogen-bond acceptors (Lipinski definition) is 3. The largest absolute Gasteiger partial charge is 0.457 e. The molecule has 0 aliphatic carbocycles. The third kappa shape index (κ3) is 11.5. The summed E-state index contributed by atoms with van der Waals surface area (Å²) in [5.41, 5.74) is 12.4. The molecule has 6 aromatic rings. The van der Waals surface area contributed by atoms with Gasteiger partial charge in [-0.2, -0.15) is 0 Å². The van der Waals surface area contributed by atoms with E-state index in [0.29, 0.717) is 0 Å². The van der Waals surface area contributed by atoms with Gasteiger partial charge >= 0.3 is 0 Å². The van der Waals surface area contributed by atoms with Gasteiger partial charge in [-0.15, -0.1) is 0 Å². The summed E-state index contributed by atoms with van der Waals surface area (Å²) in [6.45, 7) is 20.3. The van der Waals surface area contributed by atoms with E-state index in [2.05, 4.69) is 124 Å². The molecule has 0 heterocycles. The van der Waals surface area contributed by atoms with Gasteiger partial charge < -0.3 is 4.74 Å². The first-order chi connectivity index (χ1) is 26.0. The highest BCUT2D eigenvalue weighted by Crippen LogP contribution is 2.30. The van der Waals surface area contributed by atoms with Crippen molar-refractivity contribution in [1.29, 1.82) is 0 Å². The van der Waals surface area contributed by atoms with Crippen LogP contribution in [0, 0.1) is 27.7 Å². The number of nitrogens with zero attached hydrogens (tertiary/aromatic N) is 2. The highest BCUT2D eigenvalue weighted by Gasteiger charge is 2.09. The summed E-state index contributed by atoms with van der Waals surface area (Å²) in [5.74, 6) is 8.22. The van der Waals surface area contributed by atoms with Crippen LogP contribution in [-0.4, -0.2) is 11.7 Å². The maximum absolute atomic E-state index is 6.27. The number of benzene rings is 6. The van der Waals surface area contributed by atoms with Crippen LogP contribution in [0.25, 0.3) is 11.1 Å². The fourth-order valence-corrected chi connectivity index (χ4v) is 5.50. The molecule has 0 aliphatic heterocycles. The minimum Gasteiger partial charge on any atom is -0.457 e. The zero-order chi connectivity index (χ0) is 38.6. The molecule has 0 radical (unpaired) electrons. The van der Waals surface area contributed by atoms with E-state index in [-0.39, 0.29) is 0 Å². The summed E-state index contributed by atoms with van der Waals surface area (Å²) in [5, 5.41) is 0. The normalized spacial score (nSPS) is 9.55. The lowest BCUT2D eigenvalue weighted by Crippen LogP contribution is -1.91. The van der Waals surface area contributed by atoms with Crippen molar-refractivity contribution in [2.75, 3.05) is 0 Å². The Morgan fingerprint density at radius 2 is 0.642 bits per heavy atom. The molecule has 0 saturated carbocycles. The predicted octanol–water partition coefficient (Wildman–Crippen LogP) is 14.7. The van der Waals surface area contributed by atoms with Crippen molar-refractivity contribution >= 4 is 34.3 Å². The molecule has 0 unspecified atom stereocenters. The fraction of sp³-hybridized carbons (Fsp3) is 0.200. The fourth-order valence-electron chi connectivity index (χ4n) is 5.50. The first kappa shape index (κ1) is 41.4. The molecule has 0 fully saturated rings. The minimum atomic E-state index is 0.746. The Bertz CT molecular complexity index is 1930. The smallest absolute Gasteiger partial charge is 0.127 e. The van der Waals surface area contributed by atoms with Gasteiger partial charge in [0.25, 0.3) is 0 Å². The molecule has 0 spiro atoms. The zero-order valence-corrected chi connectivity index (χ0v) is 33.2. The third-order valence-electron chi connectivity index (χ3n) is 8.08. The Kier molecular flexibility index (Phi) is 17.3. The Morgan fingerprint density at radius 3 is 0.943 bits per heavy atom. The Labute approximate surface area is 318 Å². The molecule has 6 rings (SSSR count). The topological polar surface area (TPSA) is 34.0 Å². The van der Waals surface area contributed by atoms with Crippen LogP contribution in [0.2, 0.25) is 0 Å². The standard InChI is InChI=1S/C44H36N2O.3C2H6/c1-31-13-11-14-32(2)43(31)45-29-41(35-17-7-5-8-18-35)37-21-25-39(26-22-37)47-40-27-23-38(24-28-40)42(36-19-9-6-10-20-36)30-46-44-33(3)15-12-16-34(44)4;3*1-2/h5-28H,1-4H3;3*1-2H3. The first-order valence-corrected chi connectivity index (χ1v) is 18.8. The molecule has 0 saturated heterocycles. The quantitative estimate of drug-likeness (QED) is 0.146. The summed E-state index contributed by atoms with van der Waals surface area (Å²) < 4.78 is 6.27. The Morgan fingerprint density at radius 1 is 0.358 bits per heavy atom. The van der Waals surface area contributed by atoms with Crippen LogP contribution in [0.5, 0.6) is 11.5 Å². The van der Waals surface area contributed by atoms with Crippen molar-refractivity contribution in [3.8, 4) is 11.5 Å². The van der Waals surface area contributed by atoms with Crippen LogP contribution in [-0.2, 0) is 0 Å². The van der Waals surface area contributed by atoms with E-state index in [1.807, 2.05) is 102 Å². The molecule has 0 bridgehead atoms. The molecule has 0 N–H and O–H groups in total. The zero-order valence-electron chi connectivity index (χ0n) is 33.2.